The molecule has 8 nitrogen and oxygen atoms in total. The van der Waals surface area contributed by atoms with E-state index in [2.05, 4.69) is 10.1 Å². The monoisotopic (exact) mass is 480 g/mol. The molecule has 1 aliphatic rings. The van der Waals surface area contributed by atoms with Crippen molar-refractivity contribution in [1.29, 1.82) is 0 Å². The number of carbonyl (C=O) groups excluding carboxylic acids is 3. The van der Waals surface area contributed by atoms with Crippen molar-refractivity contribution in [1.82, 2.24) is 19.7 Å². The number of halogens is 1. The summed E-state index contributed by atoms with van der Waals surface area (Å²) in [4.78, 5) is 41.5. The molecule has 0 bridgehead atoms. The number of H-pyrrole nitrogens is 1. The summed E-state index contributed by atoms with van der Waals surface area (Å²) in [5.41, 5.74) is 2.98. The van der Waals surface area contributed by atoms with Crippen molar-refractivity contribution in [3.63, 3.8) is 0 Å². The van der Waals surface area contributed by atoms with Crippen LogP contribution in [0.3, 0.4) is 0 Å². The maximum Gasteiger partial charge on any atom is 0.331 e. The van der Waals surface area contributed by atoms with Crippen LogP contribution >= 0.6 is 11.6 Å². The minimum absolute atomic E-state index is 0.128. The Balaban J connectivity index is 1.32. The van der Waals surface area contributed by atoms with Gasteiger partial charge in [-0.25, -0.2) is 9.48 Å². The SMILES string of the molecule is Cc1nn(Cc2ccccc2)c(Cl)c1/C=C/C(=O)OCC(=O)c1c[nH]c(C(=O)N2CCCC2)c1. The molecule has 2 aromatic heterocycles. The number of carbonyl (C=O) groups is 3. The lowest BCUT2D eigenvalue weighted by Gasteiger charge is -2.13. The zero-order chi connectivity index (χ0) is 24.1. The van der Waals surface area contributed by atoms with Gasteiger partial charge in [-0.2, -0.15) is 5.10 Å². The number of hydrogen-bond acceptors (Lipinski definition) is 5. The van der Waals surface area contributed by atoms with E-state index in [0.29, 0.717) is 34.2 Å². The number of rotatable bonds is 8. The van der Waals surface area contributed by atoms with Crippen molar-refractivity contribution < 1.29 is 19.1 Å². The van der Waals surface area contributed by atoms with E-state index in [-0.39, 0.29) is 5.91 Å². The second-order valence-electron chi connectivity index (χ2n) is 8.10. The van der Waals surface area contributed by atoms with Crippen LogP contribution in [0, 0.1) is 6.92 Å². The first-order valence-corrected chi connectivity index (χ1v) is 11.4. The molecule has 9 heteroatoms. The van der Waals surface area contributed by atoms with Crippen LogP contribution in [0.15, 0.2) is 48.7 Å². The molecular formula is C25H25ClN4O4. The molecule has 0 unspecified atom stereocenters. The fraction of sp³-hybridized carbons (Fsp3) is 0.280. The first kappa shape index (κ1) is 23.5. The number of ether oxygens (including phenoxy) is 1. The van der Waals surface area contributed by atoms with Gasteiger partial charge in [0.2, 0.25) is 5.78 Å². The number of nitrogens with zero attached hydrogens (tertiary/aromatic N) is 3. The quantitative estimate of drug-likeness (QED) is 0.299. The van der Waals surface area contributed by atoms with Gasteiger partial charge in [0.1, 0.15) is 10.8 Å². The molecule has 0 saturated carbocycles. The molecule has 3 aromatic rings. The molecule has 3 heterocycles. The molecule has 1 saturated heterocycles. The van der Waals surface area contributed by atoms with Gasteiger partial charge < -0.3 is 14.6 Å². The summed E-state index contributed by atoms with van der Waals surface area (Å²) in [7, 11) is 0. The minimum atomic E-state index is -0.677. The third kappa shape index (κ3) is 5.46. The van der Waals surface area contributed by atoms with Crippen LogP contribution in [0.2, 0.25) is 5.15 Å². The molecular weight excluding hydrogens is 456 g/mol. The number of hydrogen-bond donors (Lipinski definition) is 1. The van der Waals surface area contributed by atoms with Crippen LogP contribution in [0.5, 0.6) is 0 Å². The largest absolute Gasteiger partial charge is 0.454 e. The van der Waals surface area contributed by atoms with Crippen LogP contribution in [-0.2, 0) is 16.1 Å². The molecule has 0 radical (unpaired) electrons. The number of amides is 1. The van der Waals surface area contributed by atoms with E-state index in [9.17, 15) is 14.4 Å². The Morgan fingerprint density at radius 3 is 2.65 bits per heavy atom. The molecule has 34 heavy (non-hydrogen) atoms. The average molecular weight is 481 g/mol. The molecule has 4 rings (SSSR count). The van der Waals surface area contributed by atoms with E-state index in [4.69, 9.17) is 16.3 Å². The Morgan fingerprint density at radius 1 is 1.18 bits per heavy atom. The van der Waals surface area contributed by atoms with E-state index in [1.807, 2.05) is 30.3 Å². The van der Waals surface area contributed by atoms with E-state index < -0.39 is 18.4 Å². The molecule has 0 spiro atoms. The van der Waals surface area contributed by atoms with Gasteiger partial charge in [-0.1, -0.05) is 41.9 Å². The Hall–Kier alpha value is -3.65. The van der Waals surface area contributed by atoms with E-state index in [1.54, 1.807) is 16.5 Å². The summed E-state index contributed by atoms with van der Waals surface area (Å²) in [6.45, 7) is 3.32. The number of aromatic amines is 1. The summed E-state index contributed by atoms with van der Waals surface area (Å²) >= 11 is 6.45. The fourth-order valence-electron chi connectivity index (χ4n) is 3.81. The fourth-order valence-corrected chi connectivity index (χ4v) is 4.10. The maximum absolute atomic E-state index is 12.4. The van der Waals surface area contributed by atoms with Gasteiger partial charge in [0.15, 0.2) is 6.61 Å². The second-order valence-corrected chi connectivity index (χ2v) is 8.46. The minimum Gasteiger partial charge on any atom is -0.454 e. The number of aryl methyl sites for hydroxylation is 1. The van der Waals surface area contributed by atoms with Crippen molar-refractivity contribution in [2.75, 3.05) is 19.7 Å². The molecule has 1 N–H and O–H groups in total. The summed E-state index contributed by atoms with van der Waals surface area (Å²) in [6, 6.07) is 11.3. The highest BCUT2D eigenvalue weighted by Gasteiger charge is 2.22. The van der Waals surface area contributed by atoms with Gasteiger partial charge in [-0.15, -0.1) is 0 Å². The van der Waals surface area contributed by atoms with Gasteiger partial charge >= 0.3 is 5.97 Å². The molecule has 1 aromatic carbocycles. The first-order valence-electron chi connectivity index (χ1n) is 11.0. The number of esters is 1. The highest BCUT2D eigenvalue weighted by atomic mass is 35.5. The Bertz CT molecular complexity index is 1220. The lowest BCUT2D eigenvalue weighted by Crippen LogP contribution is -2.27. The van der Waals surface area contributed by atoms with Gasteiger partial charge in [0, 0.05) is 36.5 Å². The zero-order valence-electron chi connectivity index (χ0n) is 18.8. The van der Waals surface area contributed by atoms with Crippen molar-refractivity contribution >= 4 is 35.3 Å². The second kappa shape index (κ2) is 10.5. The van der Waals surface area contributed by atoms with Gasteiger partial charge in [0.25, 0.3) is 5.91 Å². The van der Waals surface area contributed by atoms with Crippen LogP contribution in [-0.4, -0.2) is 57.0 Å². The van der Waals surface area contributed by atoms with E-state index in [0.717, 1.165) is 31.5 Å². The Morgan fingerprint density at radius 2 is 1.91 bits per heavy atom. The Kier molecular flexibility index (Phi) is 7.27. The number of ketones is 1. The van der Waals surface area contributed by atoms with Crippen LogP contribution in [0.25, 0.3) is 6.08 Å². The number of likely N-dealkylation sites (tertiary alicyclic amines) is 1. The van der Waals surface area contributed by atoms with Gasteiger partial charge in [-0.05, 0) is 37.5 Å². The summed E-state index contributed by atoms with van der Waals surface area (Å²) in [5.74, 6) is -1.21. The molecule has 1 amide bonds. The third-order valence-corrected chi connectivity index (χ3v) is 6.04. The molecule has 1 fully saturated rings. The van der Waals surface area contributed by atoms with Crippen LogP contribution in [0.1, 0.15) is 50.5 Å². The lowest BCUT2D eigenvalue weighted by atomic mass is 10.2. The van der Waals surface area contributed by atoms with Gasteiger partial charge in [0.05, 0.1) is 12.2 Å². The maximum atomic E-state index is 12.4. The number of nitrogens with one attached hydrogen (secondary N) is 1. The standard InChI is InChI=1S/C25H25ClN4O4/c1-17-20(24(26)30(28-17)15-18-7-3-2-4-8-18)9-10-23(32)34-16-22(31)19-13-21(27-14-19)25(33)29-11-5-6-12-29/h2-4,7-10,13-14,27H,5-6,11-12,15-16H2,1H3/b10-9+. The van der Waals surface area contributed by atoms with E-state index in [1.165, 1.54) is 24.4 Å². The topological polar surface area (TPSA) is 97.3 Å². The van der Waals surface area contributed by atoms with Gasteiger partial charge in [-0.3, -0.25) is 9.59 Å². The first-order chi connectivity index (χ1) is 16.4. The van der Waals surface area contributed by atoms with Crippen molar-refractivity contribution in [3.8, 4) is 0 Å². The smallest absolute Gasteiger partial charge is 0.331 e. The number of Topliss-reactive ketones (excluding diaryl/α,β-unsaturated/α-hetero) is 1. The predicted molar refractivity (Wildman–Crippen MR) is 128 cm³/mol. The predicted octanol–water partition coefficient (Wildman–Crippen LogP) is 3.90. The lowest BCUT2D eigenvalue weighted by molar-refractivity contribution is -0.136. The normalized spacial score (nSPS) is 13.5. The third-order valence-electron chi connectivity index (χ3n) is 5.64. The summed E-state index contributed by atoms with van der Waals surface area (Å²) < 4.78 is 6.74. The zero-order valence-corrected chi connectivity index (χ0v) is 19.5. The van der Waals surface area contributed by atoms with Crippen molar-refractivity contribution in [2.45, 2.75) is 26.3 Å². The van der Waals surface area contributed by atoms with Crippen molar-refractivity contribution in [2.24, 2.45) is 0 Å². The number of benzene rings is 1. The molecule has 0 atom stereocenters. The summed E-state index contributed by atoms with van der Waals surface area (Å²) in [5, 5.41) is 4.84. The molecule has 176 valence electrons. The molecule has 1 aliphatic heterocycles. The van der Waals surface area contributed by atoms with Crippen molar-refractivity contribution in [3.05, 3.63) is 81.9 Å². The number of aromatic nitrogens is 3. The van der Waals surface area contributed by atoms with E-state index >= 15 is 0 Å². The Labute approximate surface area is 202 Å². The highest BCUT2D eigenvalue weighted by molar-refractivity contribution is 6.31. The molecule has 0 aliphatic carbocycles. The highest BCUT2D eigenvalue weighted by Crippen LogP contribution is 2.22. The van der Waals surface area contributed by atoms with Crippen LogP contribution < -0.4 is 0 Å². The average Bonchev–Trinajstić information content (AvgIpc) is 3.59. The van der Waals surface area contributed by atoms with Crippen LogP contribution in [0.4, 0.5) is 0 Å². The summed E-state index contributed by atoms with van der Waals surface area (Å²) in [6.07, 6.45) is 6.18.